The Balaban J connectivity index is 1.88. The predicted octanol–water partition coefficient (Wildman–Crippen LogP) is -1.05. The molecule has 2 saturated heterocycles. The number of carbonyl (C=O) groups is 1. The van der Waals surface area contributed by atoms with Crippen LogP contribution in [0.1, 0.15) is 6.42 Å². The first-order valence-corrected chi connectivity index (χ1v) is 5.65. The Labute approximate surface area is 89.8 Å². The number of hydrogen-bond acceptors (Lipinski definition) is 4. The van der Waals surface area contributed by atoms with Gasteiger partial charge in [0.25, 0.3) is 0 Å². The number of piperidine rings is 1. The van der Waals surface area contributed by atoms with Crippen LogP contribution in [-0.4, -0.2) is 61.3 Å². The van der Waals surface area contributed by atoms with Crippen molar-refractivity contribution in [2.24, 2.45) is 5.92 Å². The van der Waals surface area contributed by atoms with Gasteiger partial charge in [-0.3, -0.25) is 9.69 Å². The van der Waals surface area contributed by atoms with Gasteiger partial charge in [0.15, 0.2) is 0 Å². The zero-order valence-electron chi connectivity index (χ0n) is 8.91. The van der Waals surface area contributed by atoms with Gasteiger partial charge < -0.3 is 15.7 Å². The molecule has 0 aromatic rings. The van der Waals surface area contributed by atoms with Gasteiger partial charge in [-0.05, 0) is 6.42 Å². The van der Waals surface area contributed by atoms with Crippen LogP contribution in [0.4, 0.5) is 0 Å². The molecule has 2 rings (SSSR count). The van der Waals surface area contributed by atoms with E-state index in [2.05, 4.69) is 15.5 Å². The Morgan fingerprint density at radius 2 is 1.93 bits per heavy atom. The van der Waals surface area contributed by atoms with E-state index in [1.165, 1.54) is 0 Å². The van der Waals surface area contributed by atoms with Gasteiger partial charge in [-0.1, -0.05) is 0 Å². The van der Waals surface area contributed by atoms with Crippen molar-refractivity contribution in [1.29, 1.82) is 0 Å². The minimum atomic E-state index is -0.665. The highest BCUT2D eigenvalue weighted by molar-refractivity contribution is 5.70. The van der Waals surface area contributed by atoms with Crippen molar-refractivity contribution in [3.63, 3.8) is 0 Å². The van der Waals surface area contributed by atoms with Crippen molar-refractivity contribution < 1.29 is 9.90 Å². The van der Waals surface area contributed by atoms with Gasteiger partial charge in [-0.25, -0.2) is 0 Å². The lowest BCUT2D eigenvalue weighted by Gasteiger charge is -2.38. The predicted molar refractivity (Wildman–Crippen MR) is 56.8 cm³/mol. The minimum absolute atomic E-state index is 0.210. The summed E-state index contributed by atoms with van der Waals surface area (Å²) in [5, 5.41) is 15.5. The molecule has 5 nitrogen and oxygen atoms in total. The first kappa shape index (κ1) is 10.9. The minimum Gasteiger partial charge on any atom is -0.481 e. The lowest BCUT2D eigenvalue weighted by Crippen LogP contribution is -2.55. The van der Waals surface area contributed by atoms with Crippen molar-refractivity contribution in [3.05, 3.63) is 0 Å². The molecule has 2 aliphatic rings. The number of nitrogens with zero attached hydrogens (tertiary/aromatic N) is 1. The number of carboxylic acid groups (broad SMARTS) is 1. The summed E-state index contributed by atoms with van der Waals surface area (Å²) in [5.41, 5.74) is 0. The SMILES string of the molecule is O=C(O)C1CNCC(N2CCNCC2)C1. The van der Waals surface area contributed by atoms with Crippen LogP contribution in [0.15, 0.2) is 0 Å². The molecule has 2 aliphatic heterocycles. The molecule has 0 amide bonds. The second-order valence-corrected chi connectivity index (χ2v) is 4.37. The Morgan fingerprint density at radius 1 is 1.20 bits per heavy atom. The maximum atomic E-state index is 10.9. The van der Waals surface area contributed by atoms with Crippen molar-refractivity contribution >= 4 is 5.97 Å². The smallest absolute Gasteiger partial charge is 0.307 e. The second-order valence-electron chi connectivity index (χ2n) is 4.37. The Morgan fingerprint density at radius 3 is 2.60 bits per heavy atom. The van der Waals surface area contributed by atoms with Gasteiger partial charge in [0.2, 0.25) is 0 Å². The highest BCUT2D eigenvalue weighted by atomic mass is 16.4. The van der Waals surface area contributed by atoms with Gasteiger partial charge in [-0.2, -0.15) is 0 Å². The lowest BCUT2D eigenvalue weighted by molar-refractivity contribution is -0.143. The Bertz CT molecular complexity index is 229. The van der Waals surface area contributed by atoms with Crippen molar-refractivity contribution in [2.75, 3.05) is 39.3 Å². The molecular weight excluding hydrogens is 194 g/mol. The molecule has 3 N–H and O–H groups in total. The standard InChI is InChI=1S/C10H19N3O2/c14-10(15)8-5-9(7-12-6-8)13-3-1-11-2-4-13/h8-9,11-12H,1-7H2,(H,14,15). The summed E-state index contributed by atoms with van der Waals surface area (Å²) in [7, 11) is 0. The molecule has 2 unspecified atom stereocenters. The molecule has 0 aliphatic carbocycles. The van der Waals surface area contributed by atoms with Crippen LogP contribution < -0.4 is 10.6 Å². The molecule has 15 heavy (non-hydrogen) atoms. The number of nitrogens with one attached hydrogen (secondary N) is 2. The van der Waals surface area contributed by atoms with Crippen molar-refractivity contribution in [3.8, 4) is 0 Å². The van der Waals surface area contributed by atoms with Crippen LogP contribution in [0, 0.1) is 5.92 Å². The average Bonchev–Trinajstić information content (AvgIpc) is 2.30. The third kappa shape index (κ3) is 2.68. The van der Waals surface area contributed by atoms with E-state index in [-0.39, 0.29) is 5.92 Å². The van der Waals surface area contributed by atoms with Crippen LogP contribution in [0.2, 0.25) is 0 Å². The average molecular weight is 213 g/mol. The monoisotopic (exact) mass is 213 g/mol. The Kier molecular flexibility index (Phi) is 3.56. The van der Waals surface area contributed by atoms with Gasteiger partial charge in [0, 0.05) is 45.3 Å². The highest BCUT2D eigenvalue weighted by Crippen LogP contribution is 2.16. The fraction of sp³-hybridized carbons (Fsp3) is 0.900. The van der Waals surface area contributed by atoms with Gasteiger partial charge in [0.05, 0.1) is 5.92 Å². The fourth-order valence-electron chi connectivity index (χ4n) is 2.43. The molecule has 0 saturated carbocycles. The zero-order chi connectivity index (χ0) is 10.7. The summed E-state index contributed by atoms with van der Waals surface area (Å²) in [4.78, 5) is 13.3. The maximum Gasteiger partial charge on any atom is 0.307 e. The summed E-state index contributed by atoms with van der Waals surface area (Å²) in [5.74, 6) is -0.874. The van der Waals surface area contributed by atoms with E-state index in [4.69, 9.17) is 5.11 Å². The first-order valence-electron chi connectivity index (χ1n) is 5.65. The molecule has 0 radical (unpaired) electrons. The highest BCUT2D eigenvalue weighted by Gasteiger charge is 2.30. The summed E-state index contributed by atoms with van der Waals surface area (Å²) in [6.07, 6.45) is 0.794. The number of rotatable bonds is 2. The van der Waals surface area contributed by atoms with Gasteiger partial charge in [0.1, 0.15) is 0 Å². The first-order chi connectivity index (χ1) is 7.27. The van der Waals surface area contributed by atoms with Crippen LogP contribution in [0.5, 0.6) is 0 Å². The molecule has 0 aromatic heterocycles. The molecule has 0 bridgehead atoms. The van der Waals surface area contributed by atoms with E-state index in [9.17, 15) is 4.79 Å². The molecule has 2 atom stereocenters. The zero-order valence-corrected chi connectivity index (χ0v) is 8.91. The van der Waals surface area contributed by atoms with Gasteiger partial charge in [-0.15, -0.1) is 0 Å². The normalized spacial score (nSPS) is 33.9. The molecular formula is C10H19N3O2. The summed E-state index contributed by atoms with van der Waals surface area (Å²) < 4.78 is 0. The summed E-state index contributed by atoms with van der Waals surface area (Å²) in [6, 6.07) is 0.405. The van der Waals surface area contributed by atoms with E-state index in [1.54, 1.807) is 0 Å². The quantitative estimate of drug-likeness (QED) is 0.546. The largest absolute Gasteiger partial charge is 0.481 e. The summed E-state index contributed by atoms with van der Waals surface area (Å²) >= 11 is 0. The molecule has 0 aromatic carbocycles. The topological polar surface area (TPSA) is 64.6 Å². The molecule has 5 heteroatoms. The third-order valence-electron chi connectivity index (χ3n) is 3.34. The van der Waals surface area contributed by atoms with E-state index in [0.717, 1.165) is 39.1 Å². The van der Waals surface area contributed by atoms with Crippen LogP contribution in [0.3, 0.4) is 0 Å². The van der Waals surface area contributed by atoms with E-state index < -0.39 is 5.97 Å². The summed E-state index contributed by atoms with van der Waals surface area (Å²) in [6.45, 7) is 5.68. The molecule has 0 spiro atoms. The second kappa shape index (κ2) is 4.92. The number of hydrogen-bond donors (Lipinski definition) is 3. The van der Waals surface area contributed by atoms with Crippen LogP contribution >= 0.6 is 0 Å². The Hall–Kier alpha value is -0.650. The lowest BCUT2D eigenvalue weighted by atomic mass is 9.94. The molecule has 86 valence electrons. The van der Waals surface area contributed by atoms with Crippen LogP contribution in [-0.2, 0) is 4.79 Å². The van der Waals surface area contributed by atoms with Crippen molar-refractivity contribution in [1.82, 2.24) is 15.5 Å². The van der Waals surface area contributed by atoms with Crippen molar-refractivity contribution in [2.45, 2.75) is 12.5 Å². The number of piperazine rings is 1. The number of aliphatic carboxylic acids is 1. The molecule has 2 heterocycles. The van der Waals surface area contributed by atoms with Gasteiger partial charge >= 0.3 is 5.97 Å². The fourth-order valence-corrected chi connectivity index (χ4v) is 2.43. The third-order valence-corrected chi connectivity index (χ3v) is 3.34. The van der Waals surface area contributed by atoms with Crippen LogP contribution in [0.25, 0.3) is 0 Å². The number of carboxylic acids is 1. The van der Waals surface area contributed by atoms with E-state index in [1.807, 2.05) is 0 Å². The van der Waals surface area contributed by atoms with E-state index >= 15 is 0 Å². The van der Waals surface area contributed by atoms with E-state index in [0.29, 0.717) is 12.6 Å². The molecule has 2 fully saturated rings. The maximum absolute atomic E-state index is 10.9.